The van der Waals surface area contributed by atoms with Crippen molar-refractivity contribution in [3.05, 3.63) is 78.4 Å². The molecule has 0 saturated carbocycles. The number of rotatable bonds is 6. The number of quaternary nitrogens is 1. The lowest BCUT2D eigenvalue weighted by atomic mass is 10.0. The van der Waals surface area contributed by atoms with Gasteiger partial charge in [-0.05, 0) is 35.4 Å². The second-order valence-corrected chi connectivity index (χ2v) is 10.3. The number of benzene rings is 3. The van der Waals surface area contributed by atoms with E-state index >= 15 is 0 Å². The Balaban J connectivity index is 1.72. The molecule has 4 rings (SSSR count). The van der Waals surface area contributed by atoms with E-state index in [1.54, 1.807) is 12.1 Å². The number of imide groups is 1. The van der Waals surface area contributed by atoms with E-state index in [-0.39, 0.29) is 23.9 Å². The van der Waals surface area contributed by atoms with Crippen LogP contribution in [0, 0.1) is 0 Å². The van der Waals surface area contributed by atoms with Crippen LogP contribution >= 0.6 is 0 Å². The van der Waals surface area contributed by atoms with Crippen LogP contribution in [0.4, 0.5) is 4.79 Å². The number of carbonyl (C=O) groups excluding carboxylic acids is 2. The number of amides is 3. The zero-order valence-electron chi connectivity index (χ0n) is 18.5. The number of hydrogen-bond acceptors (Lipinski definition) is 4. The van der Waals surface area contributed by atoms with Gasteiger partial charge < -0.3 is 5.73 Å². The minimum Gasteiger partial charge on any atom is -0.318 e. The summed E-state index contributed by atoms with van der Waals surface area (Å²) in [6, 6.07) is 19.2. The van der Waals surface area contributed by atoms with E-state index in [2.05, 4.69) is 4.72 Å². The van der Waals surface area contributed by atoms with Crippen LogP contribution in [0.15, 0.2) is 77.7 Å². The molecular weight excluding hydrogens is 438 g/mol. The molecule has 1 unspecified atom stereocenters. The van der Waals surface area contributed by atoms with Gasteiger partial charge in [0.1, 0.15) is 12.1 Å². The summed E-state index contributed by atoms with van der Waals surface area (Å²) in [5.41, 5.74) is 6.51. The van der Waals surface area contributed by atoms with Gasteiger partial charge in [0.05, 0.1) is 11.4 Å². The summed E-state index contributed by atoms with van der Waals surface area (Å²) in [6.07, 6.45) is 1.46. The third-order valence-electron chi connectivity index (χ3n) is 6.58. The maximum atomic E-state index is 13.8. The van der Waals surface area contributed by atoms with Crippen LogP contribution in [0.5, 0.6) is 0 Å². The van der Waals surface area contributed by atoms with Gasteiger partial charge in [0.15, 0.2) is 0 Å². The van der Waals surface area contributed by atoms with Crippen molar-refractivity contribution >= 4 is 32.7 Å². The molecule has 7 nitrogen and oxygen atoms in total. The Morgan fingerprint density at radius 1 is 1.03 bits per heavy atom. The van der Waals surface area contributed by atoms with E-state index in [1.807, 2.05) is 61.5 Å². The fourth-order valence-electron chi connectivity index (χ4n) is 4.74. The van der Waals surface area contributed by atoms with Crippen molar-refractivity contribution in [2.75, 3.05) is 6.54 Å². The van der Waals surface area contributed by atoms with E-state index in [9.17, 15) is 18.0 Å². The highest BCUT2D eigenvalue weighted by atomic mass is 32.2. The van der Waals surface area contributed by atoms with Crippen molar-refractivity contribution in [3.8, 4) is 0 Å². The van der Waals surface area contributed by atoms with Crippen molar-refractivity contribution in [1.82, 2.24) is 4.72 Å². The van der Waals surface area contributed by atoms with Crippen molar-refractivity contribution < 1.29 is 22.5 Å². The topological polar surface area (TPSA) is 106 Å². The summed E-state index contributed by atoms with van der Waals surface area (Å²) in [6.45, 7) is 2.09. The molecule has 1 heterocycles. The molecule has 3 atom stereocenters. The van der Waals surface area contributed by atoms with Crippen LogP contribution in [-0.4, -0.2) is 43.5 Å². The van der Waals surface area contributed by atoms with Gasteiger partial charge in [0, 0.05) is 19.3 Å². The minimum atomic E-state index is -4.05. The molecule has 33 heavy (non-hydrogen) atoms. The first-order chi connectivity index (χ1) is 15.7. The number of fused-ring (bicyclic) bond motifs is 1. The molecule has 1 aliphatic heterocycles. The van der Waals surface area contributed by atoms with Gasteiger partial charge >= 0.3 is 11.9 Å². The molecule has 0 bridgehead atoms. The summed E-state index contributed by atoms with van der Waals surface area (Å²) in [5.74, 6) is -0.513. The zero-order chi connectivity index (χ0) is 23.6. The Labute approximate surface area is 193 Å². The SMILES string of the molecule is C[C@@H]1CCC[N+]1(C(N)=O)C(=O)[C@H](Cc1ccccc1)NS(=O)(=O)c1ccc2ccccc2c1. The Morgan fingerprint density at radius 3 is 2.33 bits per heavy atom. The maximum Gasteiger partial charge on any atom is 0.421 e. The fourth-order valence-corrected chi connectivity index (χ4v) is 5.96. The summed E-state index contributed by atoms with van der Waals surface area (Å²) >= 11 is 0. The Morgan fingerprint density at radius 2 is 1.70 bits per heavy atom. The van der Waals surface area contributed by atoms with Crippen molar-refractivity contribution in [2.45, 2.75) is 43.2 Å². The lowest BCUT2D eigenvalue weighted by molar-refractivity contribution is -0.784. The number of likely N-dealkylation sites (tertiary alicyclic amines) is 1. The van der Waals surface area contributed by atoms with Gasteiger partial charge in [-0.3, -0.25) is 0 Å². The fraction of sp³-hybridized carbons (Fsp3) is 0.280. The molecule has 0 radical (unpaired) electrons. The van der Waals surface area contributed by atoms with Crippen LogP contribution in [0.2, 0.25) is 0 Å². The molecule has 3 aromatic carbocycles. The molecule has 3 N–H and O–H groups in total. The molecule has 0 spiro atoms. The molecule has 172 valence electrons. The first-order valence-electron chi connectivity index (χ1n) is 11.0. The Kier molecular flexibility index (Phi) is 6.34. The molecule has 1 fully saturated rings. The molecule has 3 amide bonds. The molecule has 3 aromatic rings. The standard InChI is InChI=1S/C25H27N3O4S/c1-18-8-7-15-28(18,25(26)30)24(29)23(16-19-9-3-2-4-10-19)27-33(31,32)22-14-13-20-11-5-6-12-21(20)17-22/h2-6,9-14,17-18,23,27H,7-8,15-16H2,1H3,(H-,26,30)/p+1/t18-,23+,28?/m1/s1. The number of primary amides is 1. The van der Waals surface area contributed by atoms with Gasteiger partial charge in [-0.25, -0.2) is 18.0 Å². The van der Waals surface area contributed by atoms with Crippen LogP contribution in [0.3, 0.4) is 0 Å². The number of carbonyl (C=O) groups is 2. The second-order valence-electron chi connectivity index (χ2n) is 8.63. The quantitative estimate of drug-likeness (QED) is 0.544. The van der Waals surface area contributed by atoms with Gasteiger partial charge in [-0.15, -0.1) is 0 Å². The number of sulfonamides is 1. The average Bonchev–Trinajstić information content (AvgIpc) is 3.20. The number of nitrogens with one attached hydrogen (secondary N) is 1. The predicted molar refractivity (Wildman–Crippen MR) is 127 cm³/mol. The monoisotopic (exact) mass is 466 g/mol. The van der Waals surface area contributed by atoms with Gasteiger partial charge in [-0.2, -0.15) is 9.21 Å². The first kappa shape index (κ1) is 23.1. The second kappa shape index (κ2) is 9.05. The molecular formula is C25H28N3O4S+. The summed E-state index contributed by atoms with van der Waals surface area (Å²) < 4.78 is 28.8. The van der Waals surface area contributed by atoms with Gasteiger partial charge in [-0.1, -0.05) is 60.7 Å². The lowest BCUT2D eigenvalue weighted by Crippen LogP contribution is -2.66. The number of nitrogens with two attached hydrogens (primary N) is 1. The van der Waals surface area contributed by atoms with E-state index in [0.717, 1.165) is 16.3 Å². The molecule has 0 aromatic heterocycles. The summed E-state index contributed by atoms with van der Waals surface area (Å²) in [5, 5.41) is 1.69. The highest BCUT2D eigenvalue weighted by Crippen LogP contribution is 2.29. The first-order valence-corrected chi connectivity index (χ1v) is 12.5. The summed E-state index contributed by atoms with van der Waals surface area (Å²) in [4.78, 5) is 26.4. The largest absolute Gasteiger partial charge is 0.421 e. The molecule has 1 saturated heterocycles. The van der Waals surface area contributed by atoms with E-state index in [4.69, 9.17) is 5.73 Å². The molecule has 0 aliphatic carbocycles. The molecule has 8 heteroatoms. The van der Waals surface area contributed by atoms with Crippen LogP contribution < -0.4 is 10.5 Å². The number of hydrogen-bond donors (Lipinski definition) is 2. The van der Waals surface area contributed by atoms with Crippen LogP contribution in [-0.2, 0) is 21.2 Å². The van der Waals surface area contributed by atoms with Gasteiger partial charge in [0.2, 0.25) is 10.0 Å². The number of nitrogens with zero attached hydrogens (tertiary/aromatic N) is 1. The van der Waals surface area contributed by atoms with Crippen molar-refractivity contribution in [1.29, 1.82) is 0 Å². The maximum absolute atomic E-state index is 13.8. The van der Waals surface area contributed by atoms with Crippen LogP contribution in [0.25, 0.3) is 10.8 Å². The average molecular weight is 467 g/mol. The van der Waals surface area contributed by atoms with Crippen LogP contribution in [0.1, 0.15) is 25.3 Å². The highest BCUT2D eigenvalue weighted by molar-refractivity contribution is 7.89. The number of urea groups is 1. The minimum absolute atomic E-state index is 0.0622. The third-order valence-corrected chi connectivity index (χ3v) is 8.05. The third kappa shape index (κ3) is 4.42. The molecule has 1 aliphatic rings. The summed E-state index contributed by atoms with van der Waals surface area (Å²) in [7, 11) is -4.05. The Bertz CT molecular complexity index is 1290. The van der Waals surface area contributed by atoms with Crippen molar-refractivity contribution in [3.63, 3.8) is 0 Å². The van der Waals surface area contributed by atoms with E-state index in [1.165, 1.54) is 6.07 Å². The zero-order valence-corrected chi connectivity index (χ0v) is 19.3. The Hall–Kier alpha value is -3.07. The predicted octanol–water partition coefficient (Wildman–Crippen LogP) is 3.33. The van der Waals surface area contributed by atoms with Gasteiger partial charge in [0.25, 0.3) is 0 Å². The highest BCUT2D eigenvalue weighted by Gasteiger charge is 2.54. The van der Waals surface area contributed by atoms with E-state index in [0.29, 0.717) is 12.8 Å². The smallest absolute Gasteiger partial charge is 0.318 e. The van der Waals surface area contributed by atoms with Crippen molar-refractivity contribution in [2.24, 2.45) is 5.73 Å². The normalized spacial score (nSPS) is 21.7. The van der Waals surface area contributed by atoms with E-state index < -0.39 is 32.5 Å². The lowest BCUT2D eigenvalue weighted by Gasteiger charge is -2.34.